The second-order valence-electron chi connectivity index (χ2n) is 12.4. The first-order valence-corrected chi connectivity index (χ1v) is 17.7. The van der Waals surface area contributed by atoms with Crippen molar-refractivity contribution in [3.8, 4) is 5.75 Å². The van der Waals surface area contributed by atoms with Crippen LogP contribution in [0.3, 0.4) is 0 Å². The van der Waals surface area contributed by atoms with E-state index in [-0.39, 0.29) is 10.6 Å². The number of nitrogens with one attached hydrogen (secondary N) is 1. The van der Waals surface area contributed by atoms with Crippen LogP contribution >= 0.6 is 0 Å². The number of sulfonamides is 1. The molecule has 1 saturated carbocycles. The molecule has 43 heavy (non-hydrogen) atoms. The molecule has 7 heteroatoms. The molecule has 5 rings (SSSR count). The largest absolute Gasteiger partial charge is 0.494 e. The van der Waals surface area contributed by atoms with Gasteiger partial charge < -0.3 is 4.74 Å². The molecular formula is C36H47FN2O3S. The number of hydrogen-bond donors (Lipinski definition) is 1. The fourth-order valence-electron chi connectivity index (χ4n) is 6.45. The van der Waals surface area contributed by atoms with Crippen LogP contribution in [0.2, 0.25) is 0 Å². The normalized spacial score (nSPS) is 15.9. The highest BCUT2D eigenvalue weighted by atomic mass is 32.2. The number of rotatable bonds is 15. The summed E-state index contributed by atoms with van der Waals surface area (Å²) < 4.78 is 49.6. The van der Waals surface area contributed by atoms with E-state index in [1.54, 1.807) is 18.2 Å². The van der Waals surface area contributed by atoms with Crippen molar-refractivity contribution >= 4 is 15.7 Å². The average Bonchev–Trinajstić information content (AvgIpc) is 3.52. The minimum absolute atomic E-state index is 0.00338. The van der Waals surface area contributed by atoms with Crippen LogP contribution in [-0.4, -0.2) is 26.5 Å². The van der Waals surface area contributed by atoms with Crippen LogP contribution < -0.4 is 9.46 Å². The molecule has 1 aliphatic heterocycles. The molecule has 0 spiro atoms. The van der Waals surface area contributed by atoms with E-state index in [4.69, 9.17) is 4.74 Å². The van der Waals surface area contributed by atoms with E-state index in [2.05, 4.69) is 28.7 Å². The van der Waals surface area contributed by atoms with E-state index in [0.717, 1.165) is 80.3 Å². The maximum Gasteiger partial charge on any atom is 0.261 e. The second kappa shape index (κ2) is 15.2. The molecule has 0 bridgehead atoms. The zero-order valence-corrected chi connectivity index (χ0v) is 26.4. The minimum atomic E-state index is -3.90. The number of nitrogens with zero attached hydrogens (tertiary/aromatic N) is 1. The van der Waals surface area contributed by atoms with Crippen LogP contribution in [0.5, 0.6) is 5.75 Å². The summed E-state index contributed by atoms with van der Waals surface area (Å²) in [6.07, 6.45) is 13.9. The molecule has 1 N–H and O–H groups in total. The Bertz CT molecular complexity index is 1440. The van der Waals surface area contributed by atoms with Gasteiger partial charge in [-0.15, -0.1) is 0 Å². The molecule has 1 heterocycles. The van der Waals surface area contributed by atoms with Gasteiger partial charge in [-0.1, -0.05) is 82.6 Å². The summed E-state index contributed by atoms with van der Waals surface area (Å²) in [5.74, 6) is 1.21. The van der Waals surface area contributed by atoms with Crippen LogP contribution in [0.1, 0.15) is 93.4 Å². The van der Waals surface area contributed by atoms with Crippen LogP contribution in [0.4, 0.5) is 10.1 Å². The van der Waals surface area contributed by atoms with Crippen LogP contribution in [0, 0.1) is 11.7 Å². The van der Waals surface area contributed by atoms with E-state index in [1.807, 2.05) is 24.3 Å². The molecular weight excluding hydrogens is 559 g/mol. The quantitative estimate of drug-likeness (QED) is 0.176. The Kier molecular flexibility index (Phi) is 11.1. The van der Waals surface area contributed by atoms with E-state index in [1.165, 1.54) is 63.0 Å². The van der Waals surface area contributed by atoms with Crippen molar-refractivity contribution in [3.63, 3.8) is 0 Å². The lowest BCUT2D eigenvalue weighted by Gasteiger charge is -2.29. The van der Waals surface area contributed by atoms with Gasteiger partial charge >= 0.3 is 0 Å². The number of halogens is 1. The first-order valence-electron chi connectivity index (χ1n) is 16.3. The van der Waals surface area contributed by atoms with Gasteiger partial charge in [0.05, 0.1) is 17.2 Å². The third kappa shape index (κ3) is 9.05. The number of unbranched alkanes of at least 4 members (excludes halogenated alkanes) is 3. The molecule has 0 saturated heterocycles. The molecule has 0 radical (unpaired) electrons. The maximum absolute atomic E-state index is 14.9. The lowest BCUT2D eigenvalue weighted by Crippen LogP contribution is -2.30. The number of fused-ring (bicyclic) bond motifs is 1. The van der Waals surface area contributed by atoms with Gasteiger partial charge in [0.2, 0.25) is 0 Å². The molecule has 3 aromatic rings. The predicted molar refractivity (Wildman–Crippen MR) is 172 cm³/mol. The monoisotopic (exact) mass is 606 g/mol. The molecule has 0 unspecified atom stereocenters. The highest BCUT2D eigenvalue weighted by Crippen LogP contribution is 2.30. The van der Waals surface area contributed by atoms with Crippen molar-refractivity contribution in [2.75, 3.05) is 17.9 Å². The Morgan fingerprint density at radius 1 is 0.907 bits per heavy atom. The van der Waals surface area contributed by atoms with Gasteiger partial charge in [-0.2, -0.15) is 0 Å². The van der Waals surface area contributed by atoms with Crippen molar-refractivity contribution < 1.29 is 17.5 Å². The summed E-state index contributed by atoms with van der Waals surface area (Å²) in [5.41, 5.74) is 4.30. The van der Waals surface area contributed by atoms with Gasteiger partial charge in [0.1, 0.15) is 11.6 Å². The van der Waals surface area contributed by atoms with Crippen molar-refractivity contribution in [2.45, 2.75) is 102 Å². The van der Waals surface area contributed by atoms with E-state index < -0.39 is 15.8 Å². The first-order chi connectivity index (χ1) is 20.9. The summed E-state index contributed by atoms with van der Waals surface area (Å²) >= 11 is 0. The Labute approximate surface area is 257 Å². The maximum atomic E-state index is 14.9. The summed E-state index contributed by atoms with van der Waals surface area (Å²) in [4.78, 5) is 2.55. The third-order valence-corrected chi connectivity index (χ3v) is 10.4. The van der Waals surface area contributed by atoms with Gasteiger partial charge in [0, 0.05) is 19.6 Å². The molecule has 1 aliphatic carbocycles. The first kappa shape index (κ1) is 31.5. The fraction of sp³-hybridized carbons (Fsp3) is 0.500. The zero-order valence-electron chi connectivity index (χ0n) is 25.6. The number of hydrogen-bond acceptors (Lipinski definition) is 4. The minimum Gasteiger partial charge on any atom is -0.494 e. The van der Waals surface area contributed by atoms with Gasteiger partial charge in [0.15, 0.2) is 0 Å². The van der Waals surface area contributed by atoms with Crippen LogP contribution in [0.15, 0.2) is 65.6 Å². The zero-order chi connectivity index (χ0) is 30.1. The van der Waals surface area contributed by atoms with Gasteiger partial charge in [-0.05, 0) is 90.3 Å². The molecule has 5 nitrogen and oxygen atoms in total. The Morgan fingerprint density at radius 3 is 2.47 bits per heavy atom. The third-order valence-electron chi connectivity index (χ3n) is 9.01. The summed E-state index contributed by atoms with van der Waals surface area (Å²) in [6, 6.07) is 18.5. The summed E-state index contributed by atoms with van der Waals surface area (Å²) in [7, 11) is -3.90. The highest BCUT2D eigenvalue weighted by molar-refractivity contribution is 7.92. The number of benzene rings is 3. The van der Waals surface area contributed by atoms with Gasteiger partial charge in [-0.3, -0.25) is 9.62 Å². The SMILES string of the molecule is CCCCCCOc1ccc(CN2CCc3cc(S(=O)(=O)Nc4ccc(CCCC5CCCC5)cc4F)ccc3C2)cc1. The molecule has 3 aromatic carbocycles. The topological polar surface area (TPSA) is 58.6 Å². The standard InChI is InChI=1S/C36H47FN2O3S/c1-2-3-4-7-23-42-33-17-13-30(14-18-33)26-39-22-21-31-25-34(19-16-32(31)27-39)43(40,41)38-36-20-15-29(24-35(36)37)12-8-11-28-9-5-6-10-28/h13-20,24-25,28,38H,2-12,21-23,26-27H2,1H3. The van der Waals surface area contributed by atoms with Crippen LogP contribution in [0.25, 0.3) is 0 Å². The van der Waals surface area contributed by atoms with E-state index >= 15 is 0 Å². The summed E-state index contributed by atoms with van der Waals surface area (Å²) in [6.45, 7) is 5.40. The number of anilines is 1. The Balaban J connectivity index is 1.12. The molecule has 232 valence electrons. The van der Waals surface area contributed by atoms with E-state index in [0.29, 0.717) is 0 Å². The smallest absolute Gasteiger partial charge is 0.261 e. The van der Waals surface area contributed by atoms with Crippen molar-refractivity contribution in [1.82, 2.24) is 4.90 Å². The second-order valence-corrected chi connectivity index (χ2v) is 14.1. The van der Waals surface area contributed by atoms with Crippen molar-refractivity contribution in [2.24, 2.45) is 5.92 Å². The highest BCUT2D eigenvalue weighted by Gasteiger charge is 2.22. The fourth-order valence-corrected chi connectivity index (χ4v) is 7.57. The summed E-state index contributed by atoms with van der Waals surface area (Å²) in [5, 5.41) is 0. The average molecular weight is 607 g/mol. The molecule has 0 atom stereocenters. The van der Waals surface area contributed by atoms with Crippen molar-refractivity contribution in [1.29, 1.82) is 0 Å². The number of ether oxygens (including phenoxy) is 1. The predicted octanol–water partition coefficient (Wildman–Crippen LogP) is 8.66. The van der Waals surface area contributed by atoms with Gasteiger partial charge in [0.25, 0.3) is 10.0 Å². The lowest BCUT2D eigenvalue weighted by atomic mass is 9.98. The Hall–Kier alpha value is -2.90. The molecule has 1 fully saturated rings. The Morgan fingerprint density at radius 2 is 1.70 bits per heavy atom. The molecule has 0 aromatic heterocycles. The lowest BCUT2D eigenvalue weighted by molar-refractivity contribution is 0.245. The molecule has 0 amide bonds. The van der Waals surface area contributed by atoms with Gasteiger partial charge in [-0.25, -0.2) is 12.8 Å². The number of aryl methyl sites for hydroxylation is 1. The van der Waals surface area contributed by atoms with Crippen LogP contribution in [-0.2, 0) is 36.0 Å². The van der Waals surface area contributed by atoms with E-state index in [9.17, 15) is 12.8 Å². The van der Waals surface area contributed by atoms with Crippen molar-refractivity contribution in [3.05, 3.63) is 88.7 Å². The molecule has 2 aliphatic rings.